The third-order valence-corrected chi connectivity index (χ3v) is 4.39. The lowest BCUT2D eigenvalue weighted by atomic mass is 10.1. The molecule has 0 saturated carbocycles. The highest BCUT2D eigenvalue weighted by atomic mass is 15.3. The van der Waals surface area contributed by atoms with Gasteiger partial charge in [0, 0.05) is 50.8 Å². The molecule has 18 heavy (non-hydrogen) atoms. The zero-order chi connectivity index (χ0) is 13.5. The first kappa shape index (κ1) is 15.9. The fraction of sp³-hybridized carbons (Fsp3) is 1.00. The van der Waals surface area contributed by atoms with Crippen LogP contribution in [0.5, 0.6) is 0 Å². The highest BCUT2D eigenvalue weighted by Gasteiger charge is 2.22. The molecular weight excluding hydrogens is 222 g/mol. The van der Waals surface area contributed by atoms with Gasteiger partial charge in [0.15, 0.2) is 0 Å². The largest absolute Gasteiger partial charge is 0.312 e. The number of hydrogen-bond donors (Lipinski definition) is 1. The van der Waals surface area contributed by atoms with Crippen LogP contribution in [0, 0.1) is 0 Å². The van der Waals surface area contributed by atoms with Crippen LogP contribution in [0.3, 0.4) is 0 Å². The summed E-state index contributed by atoms with van der Waals surface area (Å²) in [6, 6.07) is 2.06. The van der Waals surface area contributed by atoms with Crippen LogP contribution in [0.1, 0.15) is 47.5 Å². The van der Waals surface area contributed by atoms with Crippen molar-refractivity contribution in [2.75, 3.05) is 32.7 Å². The van der Waals surface area contributed by atoms with Crippen LogP contribution in [-0.2, 0) is 0 Å². The first-order valence-electron chi connectivity index (χ1n) is 7.79. The van der Waals surface area contributed by atoms with Crippen LogP contribution in [0.15, 0.2) is 0 Å². The fourth-order valence-corrected chi connectivity index (χ4v) is 2.74. The maximum absolute atomic E-state index is 3.69. The van der Waals surface area contributed by atoms with Crippen molar-refractivity contribution in [3.05, 3.63) is 0 Å². The molecule has 1 fully saturated rings. The SMILES string of the molecule is CCC(CC)NCC(C)N1CCN(C(C)C)CC1. The summed E-state index contributed by atoms with van der Waals surface area (Å²) in [6.07, 6.45) is 2.48. The Balaban J connectivity index is 2.25. The van der Waals surface area contributed by atoms with Gasteiger partial charge in [-0.3, -0.25) is 9.80 Å². The van der Waals surface area contributed by atoms with Crippen molar-refractivity contribution in [3.63, 3.8) is 0 Å². The summed E-state index contributed by atoms with van der Waals surface area (Å²) >= 11 is 0. The number of piperazine rings is 1. The Bertz CT molecular complexity index is 206. The quantitative estimate of drug-likeness (QED) is 0.752. The van der Waals surface area contributed by atoms with Gasteiger partial charge in [-0.05, 0) is 33.6 Å². The molecule has 0 aliphatic carbocycles. The first-order chi connectivity index (χ1) is 8.58. The monoisotopic (exact) mass is 255 g/mol. The van der Waals surface area contributed by atoms with E-state index in [0.717, 1.165) is 6.54 Å². The van der Waals surface area contributed by atoms with Crippen LogP contribution in [-0.4, -0.2) is 60.6 Å². The topological polar surface area (TPSA) is 18.5 Å². The lowest BCUT2D eigenvalue weighted by Gasteiger charge is -2.40. The maximum Gasteiger partial charge on any atom is 0.0193 e. The smallest absolute Gasteiger partial charge is 0.0193 e. The molecule has 0 amide bonds. The predicted octanol–water partition coefficient (Wildman–Crippen LogP) is 2.18. The molecule has 1 heterocycles. The molecule has 1 aliphatic heterocycles. The number of nitrogens with zero attached hydrogens (tertiary/aromatic N) is 2. The van der Waals surface area contributed by atoms with E-state index in [1.165, 1.54) is 39.0 Å². The van der Waals surface area contributed by atoms with E-state index in [2.05, 4.69) is 49.7 Å². The third-order valence-electron chi connectivity index (χ3n) is 4.39. The molecule has 3 heteroatoms. The highest BCUT2D eigenvalue weighted by Crippen LogP contribution is 2.09. The number of nitrogens with one attached hydrogen (secondary N) is 1. The molecular formula is C15H33N3. The van der Waals surface area contributed by atoms with Gasteiger partial charge >= 0.3 is 0 Å². The molecule has 108 valence electrons. The summed E-state index contributed by atoms with van der Waals surface area (Å²) in [7, 11) is 0. The third kappa shape index (κ3) is 4.87. The van der Waals surface area contributed by atoms with Gasteiger partial charge in [-0.15, -0.1) is 0 Å². The van der Waals surface area contributed by atoms with Crippen molar-refractivity contribution in [1.29, 1.82) is 0 Å². The molecule has 1 rings (SSSR count). The predicted molar refractivity (Wildman–Crippen MR) is 80.1 cm³/mol. The van der Waals surface area contributed by atoms with Crippen molar-refractivity contribution in [2.45, 2.75) is 65.6 Å². The Labute approximate surface area is 114 Å². The highest BCUT2D eigenvalue weighted by molar-refractivity contribution is 4.79. The van der Waals surface area contributed by atoms with Gasteiger partial charge in [0.2, 0.25) is 0 Å². The normalized spacial score (nSPS) is 20.8. The summed E-state index contributed by atoms with van der Waals surface area (Å²) in [5.74, 6) is 0. The zero-order valence-electron chi connectivity index (χ0n) is 13.1. The molecule has 0 aromatic heterocycles. The summed E-state index contributed by atoms with van der Waals surface area (Å²) in [5.41, 5.74) is 0. The second-order valence-corrected chi connectivity index (χ2v) is 5.94. The molecule has 0 aromatic rings. The van der Waals surface area contributed by atoms with Crippen molar-refractivity contribution in [1.82, 2.24) is 15.1 Å². The Morgan fingerprint density at radius 3 is 1.83 bits per heavy atom. The van der Waals surface area contributed by atoms with Gasteiger partial charge in [0.05, 0.1) is 0 Å². The van der Waals surface area contributed by atoms with E-state index >= 15 is 0 Å². The summed E-state index contributed by atoms with van der Waals surface area (Å²) in [6.45, 7) is 17.5. The molecule has 1 saturated heterocycles. The summed E-state index contributed by atoms with van der Waals surface area (Å²) in [4.78, 5) is 5.21. The Kier molecular flexibility index (Phi) is 7.20. The minimum Gasteiger partial charge on any atom is -0.312 e. The molecule has 0 spiro atoms. The molecule has 3 nitrogen and oxygen atoms in total. The van der Waals surface area contributed by atoms with Crippen LogP contribution in [0.4, 0.5) is 0 Å². The van der Waals surface area contributed by atoms with E-state index in [1.54, 1.807) is 0 Å². The van der Waals surface area contributed by atoms with E-state index in [-0.39, 0.29) is 0 Å². The fourth-order valence-electron chi connectivity index (χ4n) is 2.74. The summed E-state index contributed by atoms with van der Waals surface area (Å²) < 4.78 is 0. The molecule has 1 N–H and O–H groups in total. The average Bonchev–Trinajstić information content (AvgIpc) is 2.39. The molecule has 1 aliphatic rings. The van der Waals surface area contributed by atoms with Gasteiger partial charge in [0.1, 0.15) is 0 Å². The molecule has 0 aromatic carbocycles. The first-order valence-corrected chi connectivity index (χ1v) is 7.79. The minimum absolute atomic E-state index is 0.667. The molecule has 0 radical (unpaired) electrons. The Morgan fingerprint density at radius 2 is 1.39 bits per heavy atom. The van der Waals surface area contributed by atoms with Crippen LogP contribution in [0.25, 0.3) is 0 Å². The van der Waals surface area contributed by atoms with E-state index in [0.29, 0.717) is 18.1 Å². The number of rotatable bonds is 7. The van der Waals surface area contributed by atoms with Crippen LogP contribution < -0.4 is 5.32 Å². The van der Waals surface area contributed by atoms with Crippen molar-refractivity contribution >= 4 is 0 Å². The standard InChI is InChI=1S/C15H33N3/c1-6-15(7-2)16-12-14(5)18-10-8-17(9-11-18)13(3)4/h13-16H,6-12H2,1-5H3. The minimum atomic E-state index is 0.667. The summed E-state index contributed by atoms with van der Waals surface area (Å²) in [5, 5.41) is 3.69. The Hall–Kier alpha value is -0.120. The van der Waals surface area contributed by atoms with E-state index in [4.69, 9.17) is 0 Å². The van der Waals surface area contributed by atoms with Gasteiger partial charge in [-0.25, -0.2) is 0 Å². The maximum atomic E-state index is 3.69. The molecule has 1 atom stereocenters. The van der Waals surface area contributed by atoms with Gasteiger partial charge in [0.25, 0.3) is 0 Å². The van der Waals surface area contributed by atoms with Crippen LogP contribution in [0.2, 0.25) is 0 Å². The van der Waals surface area contributed by atoms with Crippen molar-refractivity contribution in [3.8, 4) is 0 Å². The second kappa shape index (κ2) is 8.13. The molecule has 0 bridgehead atoms. The van der Waals surface area contributed by atoms with E-state index in [1.807, 2.05) is 0 Å². The zero-order valence-corrected chi connectivity index (χ0v) is 13.1. The van der Waals surface area contributed by atoms with E-state index < -0.39 is 0 Å². The van der Waals surface area contributed by atoms with Crippen molar-refractivity contribution in [2.24, 2.45) is 0 Å². The van der Waals surface area contributed by atoms with Gasteiger partial charge < -0.3 is 5.32 Å². The average molecular weight is 255 g/mol. The van der Waals surface area contributed by atoms with Gasteiger partial charge in [-0.2, -0.15) is 0 Å². The lowest BCUT2D eigenvalue weighted by Crippen LogP contribution is -2.53. The Morgan fingerprint density at radius 1 is 0.889 bits per heavy atom. The van der Waals surface area contributed by atoms with Crippen LogP contribution >= 0.6 is 0 Å². The van der Waals surface area contributed by atoms with Gasteiger partial charge in [-0.1, -0.05) is 13.8 Å². The van der Waals surface area contributed by atoms with Crippen molar-refractivity contribution < 1.29 is 0 Å². The number of hydrogen-bond acceptors (Lipinski definition) is 3. The lowest BCUT2D eigenvalue weighted by molar-refractivity contribution is 0.0821. The molecule has 1 unspecified atom stereocenters. The second-order valence-electron chi connectivity index (χ2n) is 5.94. The van der Waals surface area contributed by atoms with E-state index in [9.17, 15) is 0 Å².